The van der Waals surface area contributed by atoms with Crippen molar-refractivity contribution < 1.29 is 4.79 Å². The van der Waals surface area contributed by atoms with Gasteiger partial charge in [-0.3, -0.25) is 14.6 Å². The van der Waals surface area contributed by atoms with E-state index in [4.69, 9.17) is 0 Å². The van der Waals surface area contributed by atoms with E-state index < -0.39 is 0 Å². The topological polar surface area (TPSA) is 66.1 Å². The third-order valence-corrected chi connectivity index (χ3v) is 4.28. The molecule has 5 heteroatoms. The van der Waals surface area contributed by atoms with E-state index >= 15 is 0 Å². The molecule has 2 aromatic rings. The Balaban J connectivity index is 1.90. The molecule has 1 fully saturated rings. The van der Waals surface area contributed by atoms with Crippen molar-refractivity contribution in [2.24, 2.45) is 0 Å². The summed E-state index contributed by atoms with van der Waals surface area (Å²) in [7, 11) is 0. The van der Waals surface area contributed by atoms with Crippen molar-refractivity contribution >= 4 is 5.91 Å². The van der Waals surface area contributed by atoms with Crippen LogP contribution in [0.25, 0.3) is 0 Å². The standard InChI is InChI=1S/C18H21N3O2/c1-3-16-12(2)10-15(17(22)20-16)18(23)21(14-4-5-14)11-13-6-8-19-9-7-13/h6-10,14H,3-5,11H2,1-2H3,(H,20,22). The predicted molar refractivity (Wildman–Crippen MR) is 88.3 cm³/mol. The maximum absolute atomic E-state index is 12.9. The van der Waals surface area contributed by atoms with E-state index in [1.807, 2.05) is 30.9 Å². The molecule has 0 unspecified atom stereocenters. The first-order valence-electron chi connectivity index (χ1n) is 8.02. The van der Waals surface area contributed by atoms with Gasteiger partial charge in [-0.1, -0.05) is 6.92 Å². The van der Waals surface area contributed by atoms with Gasteiger partial charge in [-0.05, 0) is 55.5 Å². The average molecular weight is 311 g/mol. The van der Waals surface area contributed by atoms with Crippen molar-refractivity contribution in [3.63, 3.8) is 0 Å². The van der Waals surface area contributed by atoms with E-state index in [-0.39, 0.29) is 23.1 Å². The number of carbonyl (C=O) groups excluding carboxylic acids is 1. The molecule has 0 aromatic carbocycles. The van der Waals surface area contributed by atoms with E-state index in [2.05, 4.69) is 9.97 Å². The molecule has 1 aliphatic carbocycles. The number of hydrogen-bond acceptors (Lipinski definition) is 3. The summed E-state index contributed by atoms with van der Waals surface area (Å²) >= 11 is 0. The summed E-state index contributed by atoms with van der Waals surface area (Å²) in [6.45, 7) is 4.43. The van der Waals surface area contributed by atoms with Gasteiger partial charge in [0.15, 0.2) is 0 Å². The maximum Gasteiger partial charge on any atom is 0.261 e. The van der Waals surface area contributed by atoms with Gasteiger partial charge in [0, 0.05) is 30.7 Å². The van der Waals surface area contributed by atoms with E-state index in [1.54, 1.807) is 18.5 Å². The second-order valence-corrected chi connectivity index (χ2v) is 6.05. The highest BCUT2D eigenvalue weighted by Crippen LogP contribution is 2.29. The molecule has 0 atom stereocenters. The maximum atomic E-state index is 12.9. The molecule has 0 aliphatic heterocycles. The van der Waals surface area contributed by atoms with Gasteiger partial charge in [-0.15, -0.1) is 0 Å². The van der Waals surface area contributed by atoms with Crippen molar-refractivity contribution in [1.82, 2.24) is 14.9 Å². The van der Waals surface area contributed by atoms with Crippen LogP contribution in [-0.4, -0.2) is 26.8 Å². The first kappa shape index (κ1) is 15.5. The minimum atomic E-state index is -0.294. The van der Waals surface area contributed by atoms with Gasteiger partial charge < -0.3 is 9.88 Å². The molecule has 2 heterocycles. The van der Waals surface area contributed by atoms with Crippen molar-refractivity contribution in [2.45, 2.75) is 45.7 Å². The summed E-state index contributed by atoms with van der Waals surface area (Å²) in [5.74, 6) is -0.184. The summed E-state index contributed by atoms with van der Waals surface area (Å²) < 4.78 is 0. The molecule has 120 valence electrons. The lowest BCUT2D eigenvalue weighted by Crippen LogP contribution is -2.36. The Morgan fingerprint density at radius 2 is 2.04 bits per heavy atom. The van der Waals surface area contributed by atoms with E-state index in [0.717, 1.165) is 36.1 Å². The Morgan fingerprint density at radius 1 is 1.35 bits per heavy atom. The molecule has 23 heavy (non-hydrogen) atoms. The largest absolute Gasteiger partial charge is 0.331 e. The van der Waals surface area contributed by atoms with Crippen LogP contribution in [0.1, 0.15) is 46.9 Å². The number of aryl methyl sites for hydroxylation is 2. The lowest BCUT2D eigenvalue weighted by atomic mass is 10.1. The number of aromatic nitrogens is 2. The van der Waals surface area contributed by atoms with E-state index in [1.165, 1.54) is 0 Å². The third kappa shape index (κ3) is 3.33. The molecular weight excluding hydrogens is 290 g/mol. The highest BCUT2D eigenvalue weighted by molar-refractivity contribution is 5.94. The number of nitrogens with zero attached hydrogens (tertiary/aromatic N) is 2. The van der Waals surface area contributed by atoms with Crippen LogP contribution < -0.4 is 5.56 Å². The number of H-pyrrole nitrogens is 1. The smallest absolute Gasteiger partial charge is 0.261 e. The van der Waals surface area contributed by atoms with Gasteiger partial charge >= 0.3 is 0 Å². The zero-order valence-electron chi connectivity index (χ0n) is 13.5. The molecule has 3 rings (SSSR count). The minimum Gasteiger partial charge on any atom is -0.331 e. The molecule has 0 bridgehead atoms. The highest BCUT2D eigenvalue weighted by Gasteiger charge is 2.34. The number of rotatable bonds is 5. The lowest BCUT2D eigenvalue weighted by Gasteiger charge is -2.22. The summed E-state index contributed by atoms with van der Waals surface area (Å²) in [6, 6.07) is 5.76. The number of aromatic amines is 1. The average Bonchev–Trinajstić information content (AvgIpc) is 3.39. The lowest BCUT2D eigenvalue weighted by molar-refractivity contribution is 0.0728. The van der Waals surface area contributed by atoms with Gasteiger partial charge in [0.1, 0.15) is 5.56 Å². The number of hydrogen-bond donors (Lipinski definition) is 1. The quantitative estimate of drug-likeness (QED) is 0.922. The fraction of sp³-hybridized carbons (Fsp3) is 0.389. The normalized spacial score (nSPS) is 13.8. The van der Waals surface area contributed by atoms with Crippen molar-refractivity contribution in [1.29, 1.82) is 0 Å². The van der Waals surface area contributed by atoms with Gasteiger partial charge in [-0.25, -0.2) is 0 Å². The van der Waals surface area contributed by atoms with Crippen LogP contribution >= 0.6 is 0 Å². The number of amides is 1. The Bertz CT molecular complexity index is 764. The fourth-order valence-corrected chi connectivity index (χ4v) is 2.79. The SMILES string of the molecule is CCc1[nH]c(=O)c(C(=O)N(Cc2ccncc2)C2CC2)cc1C. The van der Waals surface area contributed by atoms with Crippen LogP contribution in [0, 0.1) is 6.92 Å². The van der Waals surface area contributed by atoms with Gasteiger partial charge in [-0.2, -0.15) is 0 Å². The number of carbonyl (C=O) groups is 1. The second-order valence-electron chi connectivity index (χ2n) is 6.05. The molecule has 1 amide bonds. The van der Waals surface area contributed by atoms with Crippen LogP contribution in [0.15, 0.2) is 35.4 Å². The van der Waals surface area contributed by atoms with Crippen LogP contribution in [0.4, 0.5) is 0 Å². The van der Waals surface area contributed by atoms with Crippen LogP contribution in [-0.2, 0) is 13.0 Å². The zero-order chi connectivity index (χ0) is 16.4. The van der Waals surface area contributed by atoms with Crippen LogP contribution in [0.3, 0.4) is 0 Å². The summed E-state index contributed by atoms with van der Waals surface area (Å²) in [4.78, 5) is 33.8. The predicted octanol–water partition coefficient (Wildman–Crippen LogP) is 2.45. The molecule has 5 nitrogen and oxygen atoms in total. The van der Waals surface area contributed by atoms with Gasteiger partial charge in [0.05, 0.1) is 0 Å². The first-order chi connectivity index (χ1) is 11.1. The Morgan fingerprint density at radius 3 is 2.65 bits per heavy atom. The molecule has 0 saturated heterocycles. The molecule has 2 aromatic heterocycles. The van der Waals surface area contributed by atoms with Crippen molar-refractivity contribution in [2.75, 3.05) is 0 Å². The highest BCUT2D eigenvalue weighted by atomic mass is 16.2. The Labute approximate surface area is 135 Å². The summed E-state index contributed by atoms with van der Waals surface area (Å²) in [5.41, 5.74) is 2.81. The Kier molecular flexibility index (Phi) is 4.28. The van der Waals surface area contributed by atoms with Crippen molar-refractivity contribution in [3.8, 4) is 0 Å². The molecule has 1 aliphatic rings. The Hall–Kier alpha value is -2.43. The van der Waals surface area contributed by atoms with E-state index in [0.29, 0.717) is 6.54 Å². The van der Waals surface area contributed by atoms with Crippen molar-refractivity contribution in [3.05, 3.63) is 63.3 Å². The summed E-state index contributed by atoms with van der Waals surface area (Å²) in [6.07, 6.45) is 6.19. The molecule has 0 radical (unpaired) electrons. The summed E-state index contributed by atoms with van der Waals surface area (Å²) in [5, 5.41) is 0. The van der Waals surface area contributed by atoms with Gasteiger partial charge in [0.25, 0.3) is 11.5 Å². The second kappa shape index (κ2) is 6.36. The monoisotopic (exact) mass is 311 g/mol. The number of pyridine rings is 2. The zero-order valence-corrected chi connectivity index (χ0v) is 13.5. The fourth-order valence-electron chi connectivity index (χ4n) is 2.79. The molecule has 1 saturated carbocycles. The molecular formula is C18H21N3O2. The van der Waals surface area contributed by atoms with E-state index in [9.17, 15) is 9.59 Å². The van der Waals surface area contributed by atoms with Gasteiger partial charge in [0.2, 0.25) is 0 Å². The number of nitrogens with one attached hydrogen (secondary N) is 1. The first-order valence-corrected chi connectivity index (χ1v) is 8.02. The van der Waals surface area contributed by atoms with Crippen LogP contribution in [0.5, 0.6) is 0 Å². The van der Waals surface area contributed by atoms with Crippen LogP contribution in [0.2, 0.25) is 0 Å². The minimum absolute atomic E-state index is 0.184. The molecule has 1 N–H and O–H groups in total. The molecule has 0 spiro atoms. The third-order valence-electron chi connectivity index (χ3n) is 4.28.